The Morgan fingerprint density at radius 2 is 0.841 bits per heavy atom. The molecule has 0 N–H and O–H groups in total. The maximum atomic E-state index is 2.45. The van der Waals surface area contributed by atoms with Crippen molar-refractivity contribution in [1.82, 2.24) is 9.13 Å². The molecule has 2 heteroatoms. The van der Waals surface area contributed by atoms with E-state index in [1.807, 2.05) is 0 Å². The second-order valence-electron chi connectivity index (χ2n) is 11.4. The maximum absolute atomic E-state index is 2.45. The van der Waals surface area contributed by atoms with E-state index in [9.17, 15) is 0 Å². The molecule has 9 aromatic rings. The summed E-state index contributed by atoms with van der Waals surface area (Å²) in [6.07, 6.45) is 0. The molecule has 0 amide bonds. The van der Waals surface area contributed by atoms with E-state index >= 15 is 0 Å². The van der Waals surface area contributed by atoms with Crippen LogP contribution in [0.25, 0.3) is 77.2 Å². The normalized spacial score (nSPS) is 11.6. The Morgan fingerprint density at radius 1 is 0.318 bits per heavy atom. The van der Waals surface area contributed by atoms with Crippen LogP contribution in [-0.2, 0) is 0 Å². The van der Waals surface area contributed by atoms with Gasteiger partial charge in [-0.1, -0.05) is 121 Å². The van der Waals surface area contributed by atoms with Crippen LogP contribution in [0.2, 0.25) is 0 Å². The highest BCUT2D eigenvalue weighted by molar-refractivity contribution is 6.18. The average molecular weight is 561 g/mol. The third-order valence-corrected chi connectivity index (χ3v) is 8.91. The lowest BCUT2D eigenvalue weighted by Crippen LogP contribution is -1.97. The van der Waals surface area contributed by atoms with Gasteiger partial charge < -0.3 is 9.13 Å². The monoisotopic (exact) mass is 560 g/mol. The number of fused-ring (bicyclic) bond motifs is 6. The minimum atomic E-state index is 1.16. The van der Waals surface area contributed by atoms with Crippen molar-refractivity contribution in [3.05, 3.63) is 170 Å². The van der Waals surface area contributed by atoms with Gasteiger partial charge in [0.25, 0.3) is 0 Å². The van der Waals surface area contributed by atoms with Crippen LogP contribution < -0.4 is 0 Å². The molecule has 0 unspecified atom stereocenters. The molecule has 206 valence electrons. The van der Waals surface area contributed by atoms with Gasteiger partial charge in [0.15, 0.2) is 0 Å². The van der Waals surface area contributed by atoms with Gasteiger partial charge in [-0.3, -0.25) is 0 Å². The molecule has 0 saturated heterocycles. The zero-order valence-electron chi connectivity index (χ0n) is 24.1. The van der Waals surface area contributed by atoms with Crippen LogP contribution >= 0.6 is 0 Å². The summed E-state index contributed by atoms with van der Waals surface area (Å²) in [7, 11) is 0. The van der Waals surface area contributed by atoms with E-state index in [2.05, 4.69) is 179 Å². The summed E-state index contributed by atoms with van der Waals surface area (Å²) >= 11 is 0. The number of hydrogen-bond donors (Lipinski definition) is 0. The average Bonchev–Trinajstić information content (AvgIpc) is 3.62. The topological polar surface area (TPSA) is 9.86 Å². The summed E-state index contributed by atoms with van der Waals surface area (Å²) in [4.78, 5) is 0. The molecule has 2 heterocycles. The van der Waals surface area contributed by atoms with Crippen molar-refractivity contribution in [3.8, 4) is 33.6 Å². The van der Waals surface area contributed by atoms with E-state index in [4.69, 9.17) is 0 Å². The van der Waals surface area contributed by atoms with E-state index in [0.717, 1.165) is 5.69 Å². The van der Waals surface area contributed by atoms with E-state index < -0.39 is 0 Å². The SMILES string of the molecule is c1ccc(-c2ccc3c4ccccc4n(-c4ccccc4)c3c2-c2ccc3c(c2)c2ccccc2n3-c2ccccc2)cc1. The Kier molecular flexibility index (Phi) is 5.54. The van der Waals surface area contributed by atoms with E-state index in [1.165, 1.54) is 71.6 Å². The second-order valence-corrected chi connectivity index (χ2v) is 11.4. The number of rotatable bonds is 4. The third-order valence-electron chi connectivity index (χ3n) is 8.91. The highest BCUT2D eigenvalue weighted by atomic mass is 15.0. The molecular formula is C42H28N2. The van der Waals surface area contributed by atoms with Crippen LogP contribution in [0.1, 0.15) is 0 Å². The number of nitrogens with zero attached hydrogens (tertiary/aromatic N) is 2. The highest BCUT2D eigenvalue weighted by Crippen LogP contribution is 2.45. The maximum Gasteiger partial charge on any atom is 0.0625 e. The van der Waals surface area contributed by atoms with Gasteiger partial charge in [-0.2, -0.15) is 0 Å². The first-order valence-electron chi connectivity index (χ1n) is 15.1. The second kappa shape index (κ2) is 9.86. The molecule has 0 aliphatic heterocycles. The van der Waals surface area contributed by atoms with Crippen LogP contribution in [-0.4, -0.2) is 9.13 Å². The third kappa shape index (κ3) is 3.68. The summed E-state index contributed by atoms with van der Waals surface area (Å²) in [5.41, 5.74) is 12.1. The fourth-order valence-corrected chi connectivity index (χ4v) is 7.04. The predicted molar refractivity (Wildman–Crippen MR) is 186 cm³/mol. The lowest BCUT2D eigenvalue weighted by molar-refractivity contribution is 1.18. The Labute approximate surface area is 255 Å². The Morgan fingerprint density at radius 3 is 1.52 bits per heavy atom. The van der Waals surface area contributed by atoms with Gasteiger partial charge in [0.2, 0.25) is 0 Å². The fraction of sp³-hybridized carbons (Fsp3) is 0. The quantitative estimate of drug-likeness (QED) is 0.203. The van der Waals surface area contributed by atoms with Gasteiger partial charge in [-0.25, -0.2) is 0 Å². The molecule has 0 atom stereocenters. The smallest absolute Gasteiger partial charge is 0.0625 e. The van der Waals surface area contributed by atoms with Crippen LogP contribution in [0.4, 0.5) is 0 Å². The standard InChI is InChI=1S/C42H28N2/c1-4-14-29(15-5-1)33-25-26-36-34-20-10-13-23-39(34)44(32-18-8-3-9-19-32)42(36)41(33)30-24-27-40-37(28-30)35-21-11-12-22-38(35)43(40)31-16-6-2-7-17-31/h1-28H. The molecule has 0 bridgehead atoms. The molecule has 0 spiro atoms. The molecular weight excluding hydrogens is 532 g/mol. The van der Waals surface area contributed by atoms with Crippen LogP contribution in [0, 0.1) is 0 Å². The Hall–Kier alpha value is -5.86. The van der Waals surface area contributed by atoms with E-state index in [0.29, 0.717) is 0 Å². The minimum Gasteiger partial charge on any atom is -0.309 e. The van der Waals surface area contributed by atoms with Crippen molar-refractivity contribution < 1.29 is 0 Å². The molecule has 2 aromatic heterocycles. The van der Waals surface area contributed by atoms with Crippen molar-refractivity contribution in [2.24, 2.45) is 0 Å². The molecule has 7 aromatic carbocycles. The van der Waals surface area contributed by atoms with Crippen molar-refractivity contribution in [2.45, 2.75) is 0 Å². The minimum absolute atomic E-state index is 1.16. The van der Waals surface area contributed by atoms with E-state index in [1.54, 1.807) is 0 Å². The first kappa shape index (κ1) is 24.7. The molecule has 44 heavy (non-hydrogen) atoms. The van der Waals surface area contributed by atoms with E-state index in [-0.39, 0.29) is 0 Å². The lowest BCUT2D eigenvalue weighted by Gasteiger charge is -2.16. The number of benzene rings is 7. The molecule has 0 saturated carbocycles. The van der Waals surface area contributed by atoms with Crippen LogP contribution in [0.3, 0.4) is 0 Å². The summed E-state index contributed by atoms with van der Waals surface area (Å²) in [5, 5.41) is 5.02. The Bertz CT molecular complexity index is 2470. The summed E-state index contributed by atoms with van der Waals surface area (Å²) < 4.78 is 4.83. The molecule has 0 radical (unpaired) electrons. The first-order chi connectivity index (χ1) is 21.9. The molecule has 9 rings (SSSR count). The van der Waals surface area contributed by atoms with Crippen LogP contribution in [0.15, 0.2) is 170 Å². The predicted octanol–water partition coefficient (Wildman–Crippen LogP) is 11.2. The van der Waals surface area contributed by atoms with Crippen molar-refractivity contribution >= 4 is 43.6 Å². The van der Waals surface area contributed by atoms with Gasteiger partial charge in [-0.05, 0) is 65.2 Å². The van der Waals surface area contributed by atoms with Crippen LogP contribution in [0.5, 0.6) is 0 Å². The number of hydrogen-bond acceptors (Lipinski definition) is 0. The number of aromatic nitrogens is 2. The fourth-order valence-electron chi connectivity index (χ4n) is 7.04. The molecule has 0 fully saturated rings. The molecule has 2 nitrogen and oxygen atoms in total. The first-order valence-corrected chi connectivity index (χ1v) is 15.1. The van der Waals surface area contributed by atoms with Gasteiger partial charge in [0.1, 0.15) is 0 Å². The zero-order chi connectivity index (χ0) is 29.0. The number of para-hydroxylation sites is 4. The highest BCUT2D eigenvalue weighted by Gasteiger charge is 2.21. The summed E-state index contributed by atoms with van der Waals surface area (Å²) in [6, 6.07) is 61.4. The largest absolute Gasteiger partial charge is 0.309 e. The van der Waals surface area contributed by atoms with Crippen molar-refractivity contribution in [2.75, 3.05) is 0 Å². The van der Waals surface area contributed by atoms with Gasteiger partial charge >= 0.3 is 0 Å². The van der Waals surface area contributed by atoms with Gasteiger partial charge in [0.05, 0.1) is 22.1 Å². The summed E-state index contributed by atoms with van der Waals surface area (Å²) in [5.74, 6) is 0. The van der Waals surface area contributed by atoms with Crippen molar-refractivity contribution in [3.63, 3.8) is 0 Å². The molecule has 0 aliphatic carbocycles. The summed E-state index contributed by atoms with van der Waals surface area (Å²) in [6.45, 7) is 0. The lowest BCUT2D eigenvalue weighted by atomic mass is 9.91. The molecule has 0 aliphatic rings. The van der Waals surface area contributed by atoms with Gasteiger partial charge in [0, 0.05) is 38.5 Å². The van der Waals surface area contributed by atoms with Crippen molar-refractivity contribution in [1.29, 1.82) is 0 Å². The van der Waals surface area contributed by atoms with Gasteiger partial charge in [-0.15, -0.1) is 0 Å². The zero-order valence-corrected chi connectivity index (χ0v) is 24.1. The Balaban J connectivity index is 1.44.